The third-order valence-corrected chi connectivity index (χ3v) is 5.05. The topological polar surface area (TPSA) is 56.3 Å². The summed E-state index contributed by atoms with van der Waals surface area (Å²) in [7, 11) is 0. The zero-order chi connectivity index (χ0) is 14.1. The largest absolute Gasteiger partial charge is 0.471 e. The maximum absolute atomic E-state index is 6.20. The molecule has 114 valence electrons. The Hall–Kier alpha value is -1.20. The van der Waals surface area contributed by atoms with Gasteiger partial charge in [0, 0.05) is 12.0 Å². The molecule has 0 amide bonds. The van der Waals surface area contributed by atoms with Gasteiger partial charge in [-0.3, -0.25) is 0 Å². The Labute approximate surface area is 125 Å². The zero-order valence-corrected chi connectivity index (χ0v) is 12.4. The number of hydrogen-bond donors (Lipinski definition) is 1. The molecular formula is C16H23N3O2. The molecule has 1 N–H and O–H groups in total. The van der Waals surface area contributed by atoms with E-state index in [0.717, 1.165) is 51.1 Å². The number of hydrogen-bond acceptors (Lipinski definition) is 5. The molecule has 5 heteroatoms. The van der Waals surface area contributed by atoms with Crippen molar-refractivity contribution in [3.63, 3.8) is 0 Å². The van der Waals surface area contributed by atoms with Gasteiger partial charge in [0.15, 0.2) is 0 Å². The fourth-order valence-corrected chi connectivity index (χ4v) is 3.86. The number of rotatable bonds is 2. The third kappa shape index (κ3) is 2.64. The second kappa shape index (κ2) is 5.54. The van der Waals surface area contributed by atoms with E-state index in [4.69, 9.17) is 9.47 Å². The Balaban J connectivity index is 1.47. The van der Waals surface area contributed by atoms with Gasteiger partial charge in [0.25, 0.3) is 0 Å². The van der Waals surface area contributed by atoms with Gasteiger partial charge in [0.05, 0.1) is 17.9 Å². The molecule has 0 saturated carbocycles. The molecule has 2 saturated heterocycles. The van der Waals surface area contributed by atoms with Gasteiger partial charge < -0.3 is 14.8 Å². The Morgan fingerprint density at radius 1 is 1.19 bits per heavy atom. The quantitative estimate of drug-likeness (QED) is 0.897. The lowest BCUT2D eigenvalue weighted by atomic mass is 9.89. The average Bonchev–Trinajstić information content (AvgIpc) is 2.91. The Morgan fingerprint density at radius 2 is 2.05 bits per heavy atom. The summed E-state index contributed by atoms with van der Waals surface area (Å²) in [5.41, 5.74) is 2.46. The van der Waals surface area contributed by atoms with Gasteiger partial charge in [0.2, 0.25) is 5.88 Å². The van der Waals surface area contributed by atoms with E-state index in [1.54, 1.807) is 6.33 Å². The summed E-state index contributed by atoms with van der Waals surface area (Å²) < 4.78 is 12.3. The van der Waals surface area contributed by atoms with Crippen LogP contribution in [0.4, 0.5) is 0 Å². The first kappa shape index (κ1) is 13.5. The molecule has 0 bridgehead atoms. The summed E-state index contributed by atoms with van der Waals surface area (Å²) in [5.74, 6) is 0.805. The first-order valence-electron chi connectivity index (χ1n) is 8.19. The van der Waals surface area contributed by atoms with E-state index in [9.17, 15) is 0 Å². The minimum absolute atomic E-state index is 0.0447. The van der Waals surface area contributed by atoms with Crippen molar-refractivity contribution < 1.29 is 9.47 Å². The second-order valence-corrected chi connectivity index (χ2v) is 6.50. The highest BCUT2D eigenvalue weighted by Crippen LogP contribution is 2.36. The van der Waals surface area contributed by atoms with Gasteiger partial charge in [-0.1, -0.05) is 0 Å². The van der Waals surface area contributed by atoms with Crippen LogP contribution in [-0.4, -0.2) is 41.4 Å². The first-order chi connectivity index (χ1) is 10.3. The van der Waals surface area contributed by atoms with E-state index < -0.39 is 0 Å². The second-order valence-electron chi connectivity index (χ2n) is 6.50. The predicted molar refractivity (Wildman–Crippen MR) is 78.5 cm³/mol. The monoisotopic (exact) mass is 289 g/mol. The number of piperidine rings is 1. The lowest BCUT2D eigenvalue weighted by Crippen LogP contribution is -2.41. The van der Waals surface area contributed by atoms with Crippen LogP contribution in [0.15, 0.2) is 6.33 Å². The Kier molecular flexibility index (Phi) is 3.55. The van der Waals surface area contributed by atoms with Gasteiger partial charge >= 0.3 is 0 Å². The minimum Gasteiger partial charge on any atom is -0.471 e. The summed E-state index contributed by atoms with van der Waals surface area (Å²) in [6.07, 6.45) is 9.52. The van der Waals surface area contributed by atoms with Gasteiger partial charge in [0.1, 0.15) is 12.4 Å². The van der Waals surface area contributed by atoms with Crippen LogP contribution < -0.4 is 10.1 Å². The molecule has 2 fully saturated rings. The molecule has 5 nitrogen and oxygen atoms in total. The van der Waals surface area contributed by atoms with E-state index in [1.807, 2.05) is 0 Å². The fraction of sp³-hybridized carbons (Fsp3) is 0.750. The highest BCUT2D eigenvalue weighted by atomic mass is 16.6. The molecule has 2 aliphatic heterocycles. The number of nitrogens with one attached hydrogen (secondary N) is 1. The summed E-state index contributed by atoms with van der Waals surface area (Å²) in [6, 6.07) is 0. The fourth-order valence-electron chi connectivity index (χ4n) is 3.86. The molecule has 0 radical (unpaired) electrons. The van der Waals surface area contributed by atoms with Gasteiger partial charge in [-0.25, -0.2) is 9.97 Å². The van der Waals surface area contributed by atoms with E-state index in [1.165, 1.54) is 24.1 Å². The van der Waals surface area contributed by atoms with Crippen molar-refractivity contribution in [1.82, 2.24) is 15.3 Å². The van der Waals surface area contributed by atoms with E-state index >= 15 is 0 Å². The van der Waals surface area contributed by atoms with Crippen molar-refractivity contribution in [3.05, 3.63) is 17.6 Å². The lowest BCUT2D eigenvalue weighted by molar-refractivity contribution is -0.0206. The lowest BCUT2D eigenvalue weighted by Gasteiger charge is -2.32. The maximum atomic E-state index is 6.20. The summed E-state index contributed by atoms with van der Waals surface area (Å²) in [5, 5.41) is 3.40. The normalized spacial score (nSPS) is 27.5. The van der Waals surface area contributed by atoms with E-state index in [-0.39, 0.29) is 11.7 Å². The molecule has 3 aliphatic rings. The molecule has 4 rings (SSSR count). The van der Waals surface area contributed by atoms with Crippen molar-refractivity contribution in [2.75, 3.05) is 19.7 Å². The van der Waals surface area contributed by atoms with Crippen LogP contribution in [0.1, 0.15) is 43.4 Å². The number of aromatic nitrogens is 2. The molecule has 1 aliphatic carbocycles. The van der Waals surface area contributed by atoms with Crippen LogP contribution in [0.5, 0.6) is 5.88 Å². The van der Waals surface area contributed by atoms with Crippen molar-refractivity contribution in [2.45, 2.75) is 56.7 Å². The van der Waals surface area contributed by atoms with Gasteiger partial charge in [-0.2, -0.15) is 0 Å². The van der Waals surface area contributed by atoms with Crippen LogP contribution in [0, 0.1) is 0 Å². The minimum atomic E-state index is 0.0447. The van der Waals surface area contributed by atoms with Crippen molar-refractivity contribution >= 4 is 0 Å². The average molecular weight is 289 g/mol. The predicted octanol–water partition coefficient (Wildman–Crippen LogP) is 1.65. The highest BCUT2D eigenvalue weighted by Gasteiger charge is 2.42. The molecule has 0 aromatic carbocycles. The molecule has 1 spiro atoms. The van der Waals surface area contributed by atoms with Crippen LogP contribution in [0.2, 0.25) is 0 Å². The summed E-state index contributed by atoms with van der Waals surface area (Å²) in [4.78, 5) is 8.80. The SMILES string of the molecule is c1nc2c(c(OC3COC4(CCNCC4)C3)n1)CCCC2. The Morgan fingerprint density at radius 3 is 2.95 bits per heavy atom. The van der Waals surface area contributed by atoms with E-state index in [0.29, 0.717) is 6.61 Å². The number of nitrogens with zero attached hydrogens (tertiary/aromatic N) is 2. The van der Waals surface area contributed by atoms with Gasteiger partial charge in [-0.05, 0) is 51.6 Å². The summed E-state index contributed by atoms with van der Waals surface area (Å²) in [6.45, 7) is 2.80. The van der Waals surface area contributed by atoms with Crippen LogP contribution in [0.25, 0.3) is 0 Å². The number of ether oxygens (including phenoxy) is 2. The smallest absolute Gasteiger partial charge is 0.220 e. The molecule has 1 unspecified atom stereocenters. The van der Waals surface area contributed by atoms with Crippen molar-refractivity contribution in [2.24, 2.45) is 0 Å². The van der Waals surface area contributed by atoms with Crippen LogP contribution >= 0.6 is 0 Å². The third-order valence-electron chi connectivity index (χ3n) is 5.05. The van der Waals surface area contributed by atoms with E-state index in [2.05, 4.69) is 15.3 Å². The van der Waals surface area contributed by atoms with Crippen LogP contribution in [-0.2, 0) is 17.6 Å². The maximum Gasteiger partial charge on any atom is 0.220 e. The standard InChI is InChI=1S/C16H23N3O2/c1-2-4-14-13(3-1)15(19-11-18-14)21-12-9-16(20-10-12)5-7-17-8-6-16/h11-12,17H,1-10H2. The molecule has 21 heavy (non-hydrogen) atoms. The van der Waals surface area contributed by atoms with Crippen molar-refractivity contribution in [1.29, 1.82) is 0 Å². The van der Waals surface area contributed by atoms with Crippen molar-refractivity contribution in [3.8, 4) is 5.88 Å². The molecule has 1 aromatic heterocycles. The Bertz CT molecular complexity index is 514. The molecule has 1 aromatic rings. The number of aryl methyl sites for hydroxylation is 1. The highest BCUT2D eigenvalue weighted by molar-refractivity contribution is 5.31. The zero-order valence-electron chi connectivity index (χ0n) is 12.4. The summed E-state index contributed by atoms with van der Waals surface area (Å²) >= 11 is 0. The van der Waals surface area contributed by atoms with Crippen LogP contribution in [0.3, 0.4) is 0 Å². The molecule has 3 heterocycles. The first-order valence-corrected chi connectivity index (χ1v) is 8.19. The van der Waals surface area contributed by atoms with Gasteiger partial charge in [-0.15, -0.1) is 0 Å². The molecule has 1 atom stereocenters. The molecular weight excluding hydrogens is 266 g/mol. The number of fused-ring (bicyclic) bond motifs is 1.